The maximum Gasteiger partial charge on any atom is 0.258 e. The lowest BCUT2D eigenvalue weighted by Gasteiger charge is -2.23. The molecule has 5 heteroatoms. The number of ether oxygens (including phenoxy) is 1. The van der Waals surface area contributed by atoms with Gasteiger partial charge in [0.1, 0.15) is 18.1 Å². The van der Waals surface area contributed by atoms with Crippen LogP contribution in [0, 0.1) is 0 Å². The molecule has 3 aromatic rings. The van der Waals surface area contributed by atoms with Crippen LogP contribution in [0.3, 0.4) is 0 Å². The smallest absolute Gasteiger partial charge is 0.258 e. The lowest BCUT2D eigenvalue weighted by molar-refractivity contribution is 0.0725. The Morgan fingerprint density at radius 2 is 1.78 bits per heavy atom. The number of amides is 1. The highest BCUT2D eigenvalue weighted by Crippen LogP contribution is 2.22. The number of rotatable bonds is 9. The van der Waals surface area contributed by atoms with E-state index in [-0.39, 0.29) is 5.91 Å². The maximum absolute atomic E-state index is 13.2. The summed E-state index contributed by atoms with van der Waals surface area (Å²) in [6.07, 6.45) is 2.33. The molecular weight excluding hydrogens is 340 g/mol. The molecule has 3 rings (SSSR count). The molecule has 1 amide bonds. The first-order valence-electron chi connectivity index (χ1n) is 9.05. The molecule has 140 valence electrons. The van der Waals surface area contributed by atoms with Crippen molar-refractivity contribution in [1.29, 1.82) is 0 Å². The van der Waals surface area contributed by atoms with Crippen molar-refractivity contribution in [2.75, 3.05) is 13.1 Å². The third kappa shape index (κ3) is 5.21. The van der Waals surface area contributed by atoms with Crippen molar-refractivity contribution in [2.45, 2.75) is 19.6 Å². The summed E-state index contributed by atoms with van der Waals surface area (Å²) >= 11 is 0. The molecule has 0 aliphatic rings. The number of para-hydroxylation sites is 1. The van der Waals surface area contributed by atoms with Gasteiger partial charge in [0, 0.05) is 6.54 Å². The molecule has 1 heterocycles. The molecule has 0 saturated carbocycles. The Hall–Kier alpha value is -3.05. The van der Waals surface area contributed by atoms with Gasteiger partial charge < -0.3 is 19.8 Å². The normalized spacial score (nSPS) is 10.6. The molecule has 0 bridgehead atoms. The van der Waals surface area contributed by atoms with Crippen LogP contribution in [0.2, 0.25) is 0 Å². The monoisotopic (exact) mass is 364 g/mol. The minimum absolute atomic E-state index is 0.0940. The minimum Gasteiger partial charge on any atom is -0.488 e. The molecule has 0 unspecified atom stereocenters. The molecule has 0 aliphatic carbocycles. The molecule has 0 fully saturated rings. The highest BCUT2D eigenvalue weighted by Gasteiger charge is 2.20. The summed E-state index contributed by atoms with van der Waals surface area (Å²) in [5.74, 6) is 1.22. The van der Waals surface area contributed by atoms with Crippen molar-refractivity contribution in [3.8, 4) is 5.75 Å². The summed E-state index contributed by atoms with van der Waals surface area (Å²) in [6.45, 7) is 1.89. The van der Waals surface area contributed by atoms with Gasteiger partial charge in [0.25, 0.3) is 5.91 Å². The summed E-state index contributed by atoms with van der Waals surface area (Å²) in [5.41, 5.74) is 7.24. The van der Waals surface area contributed by atoms with E-state index in [1.54, 1.807) is 17.2 Å². The number of hydrogen-bond donors (Lipinski definition) is 1. The predicted molar refractivity (Wildman–Crippen MR) is 104 cm³/mol. The molecule has 5 nitrogen and oxygen atoms in total. The second-order valence-corrected chi connectivity index (χ2v) is 6.22. The summed E-state index contributed by atoms with van der Waals surface area (Å²) in [5, 5.41) is 0. The van der Waals surface area contributed by atoms with Crippen molar-refractivity contribution >= 4 is 5.91 Å². The molecule has 0 spiro atoms. The molecule has 0 radical (unpaired) electrons. The van der Waals surface area contributed by atoms with E-state index in [4.69, 9.17) is 14.9 Å². The van der Waals surface area contributed by atoms with E-state index in [1.165, 1.54) is 0 Å². The van der Waals surface area contributed by atoms with Gasteiger partial charge in [-0.2, -0.15) is 0 Å². The molecule has 0 atom stereocenters. The Labute approximate surface area is 159 Å². The van der Waals surface area contributed by atoms with Crippen molar-refractivity contribution in [1.82, 2.24) is 4.90 Å². The van der Waals surface area contributed by atoms with Crippen LogP contribution >= 0.6 is 0 Å². The Morgan fingerprint density at radius 1 is 1.00 bits per heavy atom. The minimum atomic E-state index is -0.0940. The van der Waals surface area contributed by atoms with Crippen LogP contribution in [0.4, 0.5) is 0 Å². The first kappa shape index (κ1) is 18.7. The maximum atomic E-state index is 13.2. The summed E-state index contributed by atoms with van der Waals surface area (Å²) < 4.78 is 11.3. The van der Waals surface area contributed by atoms with Gasteiger partial charge in [-0.05, 0) is 42.8 Å². The van der Waals surface area contributed by atoms with Gasteiger partial charge in [0.05, 0.1) is 18.4 Å². The first-order valence-corrected chi connectivity index (χ1v) is 9.05. The number of carbonyl (C=O) groups is 1. The van der Waals surface area contributed by atoms with Gasteiger partial charge in [-0.25, -0.2) is 0 Å². The largest absolute Gasteiger partial charge is 0.488 e. The highest BCUT2D eigenvalue weighted by atomic mass is 16.5. The van der Waals surface area contributed by atoms with E-state index in [0.717, 1.165) is 17.7 Å². The average Bonchev–Trinajstić information content (AvgIpc) is 3.23. The SMILES string of the molecule is NCCCN(Cc1ccco1)C(=O)c1ccccc1OCc1ccccc1. The Balaban J connectivity index is 1.76. The molecule has 0 saturated heterocycles. The van der Waals surface area contributed by atoms with Crippen LogP contribution in [-0.4, -0.2) is 23.9 Å². The standard InChI is InChI=1S/C22H24N2O3/c23-13-7-14-24(16-19-10-6-15-26-19)22(25)20-11-4-5-12-21(20)27-17-18-8-2-1-3-9-18/h1-6,8-12,15H,7,13-14,16-17,23H2. The van der Waals surface area contributed by atoms with Crippen LogP contribution in [0.5, 0.6) is 5.75 Å². The van der Waals surface area contributed by atoms with Gasteiger partial charge in [-0.1, -0.05) is 42.5 Å². The Bertz CT molecular complexity index is 832. The molecule has 27 heavy (non-hydrogen) atoms. The molecular formula is C22H24N2O3. The third-order valence-electron chi connectivity index (χ3n) is 4.20. The second-order valence-electron chi connectivity index (χ2n) is 6.22. The topological polar surface area (TPSA) is 68.7 Å². The Morgan fingerprint density at radius 3 is 2.52 bits per heavy atom. The van der Waals surface area contributed by atoms with Crippen LogP contribution in [0.25, 0.3) is 0 Å². The molecule has 2 N–H and O–H groups in total. The lowest BCUT2D eigenvalue weighted by Crippen LogP contribution is -2.32. The van der Waals surface area contributed by atoms with Gasteiger partial charge in [0.2, 0.25) is 0 Å². The van der Waals surface area contributed by atoms with Crippen LogP contribution in [0.15, 0.2) is 77.4 Å². The fourth-order valence-electron chi connectivity index (χ4n) is 2.80. The first-order chi connectivity index (χ1) is 13.3. The van der Waals surface area contributed by atoms with Gasteiger partial charge >= 0.3 is 0 Å². The number of carbonyl (C=O) groups excluding carboxylic acids is 1. The van der Waals surface area contributed by atoms with Gasteiger partial charge in [-0.3, -0.25) is 4.79 Å². The van der Waals surface area contributed by atoms with E-state index >= 15 is 0 Å². The van der Waals surface area contributed by atoms with E-state index < -0.39 is 0 Å². The molecule has 2 aromatic carbocycles. The number of nitrogens with two attached hydrogens (primary N) is 1. The fraction of sp³-hybridized carbons (Fsp3) is 0.227. The van der Waals surface area contributed by atoms with Gasteiger partial charge in [-0.15, -0.1) is 0 Å². The zero-order valence-corrected chi connectivity index (χ0v) is 15.2. The van der Waals surface area contributed by atoms with Crippen molar-refractivity contribution in [3.05, 3.63) is 89.9 Å². The van der Waals surface area contributed by atoms with Gasteiger partial charge in [0.15, 0.2) is 0 Å². The number of furan rings is 1. The van der Waals surface area contributed by atoms with Crippen LogP contribution in [-0.2, 0) is 13.2 Å². The van der Waals surface area contributed by atoms with E-state index in [2.05, 4.69) is 0 Å². The lowest BCUT2D eigenvalue weighted by atomic mass is 10.1. The number of benzene rings is 2. The zero-order chi connectivity index (χ0) is 18.9. The van der Waals surface area contributed by atoms with E-state index in [1.807, 2.05) is 60.7 Å². The quantitative estimate of drug-likeness (QED) is 0.626. The summed E-state index contributed by atoms with van der Waals surface area (Å²) in [6, 6.07) is 20.9. The van der Waals surface area contributed by atoms with Crippen molar-refractivity contribution in [2.24, 2.45) is 5.73 Å². The third-order valence-corrected chi connectivity index (χ3v) is 4.20. The van der Waals surface area contributed by atoms with Crippen molar-refractivity contribution in [3.63, 3.8) is 0 Å². The number of hydrogen-bond acceptors (Lipinski definition) is 4. The summed E-state index contributed by atoms with van der Waals surface area (Å²) in [4.78, 5) is 14.9. The zero-order valence-electron chi connectivity index (χ0n) is 15.2. The average molecular weight is 364 g/mol. The molecule has 0 aliphatic heterocycles. The fourth-order valence-corrected chi connectivity index (χ4v) is 2.80. The van der Waals surface area contributed by atoms with Crippen LogP contribution < -0.4 is 10.5 Å². The van der Waals surface area contributed by atoms with E-state index in [9.17, 15) is 4.79 Å². The van der Waals surface area contributed by atoms with E-state index in [0.29, 0.717) is 37.6 Å². The Kier molecular flexibility index (Phi) is 6.66. The number of nitrogens with zero attached hydrogens (tertiary/aromatic N) is 1. The highest BCUT2D eigenvalue weighted by molar-refractivity contribution is 5.96. The predicted octanol–water partition coefficient (Wildman–Crippen LogP) is 3.85. The summed E-state index contributed by atoms with van der Waals surface area (Å²) in [7, 11) is 0. The van der Waals surface area contributed by atoms with Crippen molar-refractivity contribution < 1.29 is 13.9 Å². The second kappa shape index (κ2) is 9.59. The molecule has 1 aromatic heterocycles. The van der Waals surface area contributed by atoms with Crippen LogP contribution in [0.1, 0.15) is 28.1 Å².